The molecule has 0 bridgehead atoms. The van der Waals surface area contributed by atoms with Crippen LogP contribution in [0.5, 0.6) is 5.75 Å². The maximum Gasteiger partial charge on any atom is 0.152 e. The van der Waals surface area contributed by atoms with Crippen molar-refractivity contribution in [2.24, 2.45) is 11.1 Å². The molecule has 0 aliphatic heterocycles. The summed E-state index contributed by atoms with van der Waals surface area (Å²) >= 11 is 0. The predicted octanol–water partition coefficient (Wildman–Crippen LogP) is 3.63. The van der Waals surface area contributed by atoms with E-state index in [-0.39, 0.29) is 6.54 Å². The van der Waals surface area contributed by atoms with Gasteiger partial charge in [0.2, 0.25) is 0 Å². The largest absolute Gasteiger partial charge is 0.493 e. The Balaban J connectivity index is 2.23. The maximum absolute atomic E-state index is 10.9. The normalized spacial score (nSPS) is 12.2. The molecule has 3 aromatic rings. The first-order valence-electron chi connectivity index (χ1n) is 9.43. The van der Waals surface area contributed by atoms with Crippen LogP contribution in [0.15, 0.2) is 23.4 Å². The zero-order valence-corrected chi connectivity index (χ0v) is 16.8. The molecule has 3 N–H and O–H groups in total. The molecule has 0 fully saturated rings. The third-order valence-corrected chi connectivity index (χ3v) is 4.50. The molecule has 0 amide bonds. The zero-order chi connectivity index (χ0) is 20.5. The number of benzene rings is 1. The molecule has 1 aromatic carbocycles. The molecular formula is C20H27N5O3. The molecule has 0 unspecified atom stereocenters. The lowest BCUT2D eigenvalue weighted by Gasteiger charge is -2.18. The minimum Gasteiger partial charge on any atom is -0.493 e. The number of nitrogen functional groups attached to an aromatic ring is 1. The van der Waals surface area contributed by atoms with Gasteiger partial charge in [0.15, 0.2) is 5.82 Å². The molecule has 0 aliphatic carbocycles. The van der Waals surface area contributed by atoms with Crippen molar-refractivity contribution in [2.45, 2.75) is 52.8 Å². The number of nitrogens with two attached hydrogens (primary N) is 1. The minimum absolute atomic E-state index is 0.0376. The van der Waals surface area contributed by atoms with E-state index in [1.54, 1.807) is 13.8 Å². The fourth-order valence-corrected chi connectivity index (χ4v) is 3.24. The van der Waals surface area contributed by atoms with Crippen molar-refractivity contribution in [3.05, 3.63) is 28.9 Å². The van der Waals surface area contributed by atoms with Gasteiger partial charge in [0.25, 0.3) is 0 Å². The first-order chi connectivity index (χ1) is 13.2. The summed E-state index contributed by atoms with van der Waals surface area (Å²) in [5.41, 5.74) is 7.40. The number of rotatable bonds is 8. The van der Waals surface area contributed by atoms with Crippen LogP contribution in [0.25, 0.3) is 21.9 Å². The fourth-order valence-electron chi connectivity index (χ4n) is 3.24. The highest BCUT2D eigenvalue weighted by Crippen LogP contribution is 2.35. The Morgan fingerprint density at radius 1 is 1.32 bits per heavy atom. The number of nitrogens with zero attached hydrogens (tertiary/aromatic N) is 4. The van der Waals surface area contributed by atoms with Crippen molar-refractivity contribution in [2.75, 3.05) is 12.3 Å². The molecule has 0 spiro atoms. The maximum atomic E-state index is 10.9. The van der Waals surface area contributed by atoms with Crippen LogP contribution in [0, 0.1) is 10.8 Å². The van der Waals surface area contributed by atoms with Gasteiger partial charge in [0, 0.05) is 13.0 Å². The summed E-state index contributed by atoms with van der Waals surface area (Å²) in [7, 11) is 0. The summed E-state index contributed by atoms with van der Waals surface area (Å²) in [6.07, 6.45) is 0.487. The Kier molecular flexibility index (Phi) is 5.51. The van der Waals surface area contributed by atoms with Crippen molar-refractivity contribution in [3.63, 3.8) is 0 Å². The van der Waals surface area contributed by atoms with E-state index < -0.39 is 5.60 Å². The lowest BCUT2D eigenvalue weighted by atomic mass is 10.1. The molecule has 0 saturated heterocycles. The smallest absolute Gasteiger partial charge is 0.152 e. The standard InChI is InChI=1S/C20H27N5O3/c1-12(2)11-25-15(10-22-27)24-17-18(25)16-13(23-19(17)21)6-5-7-14(16)28-9-8-20(3,4)26/h5-7,12,26H,8-11H2,1-4H3,(H2,21,23). The lowest BCUT2D eigenvalue weighted by Crippen LogP contribution is -2.21. The van der Waals surface area contributed by atoms with Crippen LogP contribution in [-0.4, -0.2) is 31.8 Å². The molecule has 2 heterocycles. The fraction of sp³-hybridized carbons (Fsp3) is 0.500. The number of fused-ring (bicyclic) bond motifs is 3. The second-order valence-corrected chi connectivity index (χ2v) is 8.08. The molecule has 3 rings (SSSR count). The number of imidazole rings is 1. The number of pyridine rings is 1. The van der Waals surface area contributed by atoms with Gasteiger partial charge in [0.1, 0.15) is 23.6 Å². The van der Waals surface area contributed by atoms with Crippen LogP contribution >= 0.6 is 0 Å². The monoisotopic (exact) mass is 385 g/mol. The molecule has 0 atom stereocenters. The third-order valence-electron chi connectivity index (χ3n) is 4.50. The van der Waals surface area contributed by atoms with E-state index in [1.165, 1.54) is 0 Å². The summed E-state index contributed by atoms with van der Waals surface area (Å²) < 4.78 is 8.00. The molecule has 150 valence electrons. The van der Waals surface area contributed by atoms with Crippen LogP contribution in [0.1, 0.15) is 39.9 Å². The van der Waals surface area contributed by atoms with Crippen LogP contribution in [0.2, 0.25) is 0 Å². The third kappa shape index (κ3) is 4.06. The van der Waals surface area contributed by atoms with Crippen molar-refractivity contribution in [1.29, 1.82) is 0 Å². The topological polar surface area (TPSA) is 116 Å². The number of aromatic nitrogens is 3. The van der Waals surface area contributed by atoms with E-state index in [0.717, 1.165) is 10.9 Å². The zero-order valence-electron chi connectivity index (χ0n) is 16.8. The highest BCUT2D eigenvalue weighted by atomic mass is 16.5. The van der Waals surface area contributed by atoms with Gasteiger partial charge in [-0.1, -0.05) is 25.1 Å². The predicted molar refractivity (Wildman–Crippen MR) is 110 cm³/mol. The quantitative estimate of drug-likeness (QED) is 0.572. The van der Waals surface area contributed by atoms with E-state index in [1.807, 2.05) is 22.8 Å². The van der Waals surface area contributed by atoms with Crippen molar-refractivity contribution >= 4 is 27.8 Å². The van der Waals surface area contributed by atoms with Crippen molar-refractivity contribution < 1.29 is 9.84 Å². The number of anilines is 1. The second-order valence-electron chi connectivity index (χ2n) is 8.08. The SMILES string of the molecule is CC(C)Cn1c(CN=O)nc2c(N)nc3cccc(OCCC(C)(C)O)c3c21. The molecule has 8 heteroatoms. The number of ether oxygens (including phenoxy) is 1. The molecule has 0 aliphatic rings. The van der Waals surface area contributed by atoms with E-state index in [9.17, 15) is 10.0 Å². The Morgan fingerprint density at radius 3 is 2.71 bits per heavy atom. The van der Waals surface area contributed by atoms with Gasteiger partial charge >= 0.3 is 0 Å². The number of nitroso groups, excluding NO2 is 1. The highest BCUT2D eigenvalue weighted by Gasteiger charge is 2.21. The van der Waals surface area contributed by atoms with Crippen molar-refractivity contribution in [1.82, 2.24) is 14.5 Å². The van der Waals surface area contributed by atoms with Gasteiger partial charge in [0.05, 0.1) is 28.6 Å². The first kappa shape index (κ1) is 20.0. The highest BCUT2D eigenvalue weighted by molar-refractivity contribution is 6.09. The summed E-state index contributed by atoms with van der Waals surface area (Å²) in [5, 5.41) is 13.8. The van der Waals surface area contributed by atoms with E-state index in [2.05, 4.69) is 29.0 Å². The van der Waals surface area contributed by atoms with Gasteiger partial charge in [-0.25, -0.2) is 9.97 Å². The van der Waals surface area contributed by atoms with Crippen LogP contribution < -0.4 is 10.5 Å². The number of hydrogen-bond acceptors (Lipinski definition) is 7. The molecule has 8 nitrogen and oxygen atoms in total. The van der Waals surface area contributed by atoms with Crippen molar-refractivity contribution in [3.8, 4) is 5.75 Å². The molecule has 0 radical (unpaired) electrons. The van der Waals surface area contributed by atoms with Gasteiger partial charge in [-0.05, 0) is 31.9 Å². The van der Waals surface area contributed by atoms with Crippen LogP contribution in [0.4, 0.5) is 5.82 Å². The summed E-state index contributed by atoms with van der Waals surface area (Å²) in [6.45, 7) is 8.67. The lowest BCUT2D eigenvalue weighted by molar-refractivity contribution is 0.0555. The Labute approximate surface area is 163 Å². The number of hydrogen-bond donors (Lipinski definition) is 2. The van der Waals surface area contributed by atoms with Crippen LogP contribution in [-0.2, 0) is 13.1 Å². The Hall–Kier alpha value is -2.74. The van der Waals surface area contributed by atoms with E-state index in [4.69, 9.17) is 10.5 Å². The summed E-state index contributed by atoms with van der Waals surface area (Å²) in [6, 6.07) is 5.60. The van der Waals surface area contributed by atoms with Crippen LogP contribution in [0.3, 0.4) is 0 Å². The molecule has 0 saturated carbocycles. The van der Waals surface area contributed by atoms with E-state index in [0.29, 0.717) is 53.9 Å². The number of aliphatic hydroxyl groups is 1. The average Bonchev–Trinajstić information content (AvgIpc) is 2.93. The molecule has 2 aromatic heterocycles. The average molecular weight is 385 g/mol. The second kappa shape index (κ2) is 7.71. The van der Waals surface area contributed by atoms with Gasteiger partial charge in [-0.15, -0.1) is 0 Å². The Bertz CT molecular complexity index is 1000. The summed E-state index contributed by atoms with van der Waals surface area (Å²) in [4.78, 5) is 20.0. The van der Waals surface area contributed by atoms with E-state index >= 15 is 0 Å². The summed E-state index contributed by atoms with van der Waals surface area (Å²) in [5.74, 6) is 1.85. The Morgan fingerprint density at radius 2 is 2.07 bits per heavy atom. The first-order valence-corrected chi connectivity index (χ1v) is 9.43. The minimum atomic E-state index is -0.815. The van der Waals surface area contributed by atoms with Gasteiger partial charge < -0.3 is 20.1 Å². The molecule has 28 heavy (non-hydrogen) atoms. The van der Waals surface area contributed by atoms with Gasteiger partial charge in [-0.3, -0.25) is 0 Å². The van der Waals surface area contributed by atoms with Gasteiger partial charge in [-0.2, -0.15) is 4.91 Å². The molecular weight excluding hydrogens is 358 g/mol.